The van der Waals surface area contributed by atoms with Gasteiger partial charge in [-0.15, -0.1) is 12.3 Å². The third kappa shape index (κ3) is 4.40. The first-order valence-corrected chi connectivity index (χ1v) is 6.67. The summed E-state index contributed by atoms with van der Waals surface area (Å²) in [6, 6.07) is 0.718. The highest BCUT2D eigenvalue weighted by Crippen LogP contribution is 2.23. The van der Waals surface area contributed by atoms with Gasteiger partial charge in [-0.1, -0.05) is 6.92 Å². The van der Waals surface area contributed by atoms with Crippen molar-refractivity contribution < 1.29 is 4.79 Å². The molecule has 0 aliphatic heterocycles. The summed E-state index contributed by atoms with van der Waals surface area (Å²) in [6.45, 7) is 2.96. The third-order valence-electron chi connectivity index (χ3n) is 3.45. The van der Waals surface area contributed by atoms with E-state index in [1.165, 1.54) is 0 Å². The van der Waals surface area contributed by atoms with Crippen molar-refractivity contribution in [2.24, 2.45) is 5.73 Å². The molecule has 1 aliphatic rings. The van der Waals surface area contributed by atoms with E-state index in [2.05, 4.69) is 12.8 Å². The third-order valence-corrected chi connectivity index (χ3v) is 3.45. The van der Waals surface area contributed by atoms with Gasteiger partial charge in [-0.2, -0.15) is 0 Å². The van der Waals surface area contributed by atoms with Crippen molar-refractivity contribution in [1.29, 1.82) is 0 Å². The average molecular weight is 236 g/mol. The molecule has 2 N–H and O–H groups in total. The molecule has 1 rings (SSSR count). The molecule has 0 bridgehead atoms. The standard InChI is InChI=1S/C14H24N2O/c1-3-5-6-14(17)16(11-4-2)13-9-7-12(15)8-10-13/h1,12-13H,4-11,15H2,2H3. The Kier molecular flexibility index (Phi) is 6.07. The summed E-state index contributed by atoms with van der Waals surface area (Å²) in [4.78, 5) is 14.1. The summed E-state index contributed by atoms with van der Waals surface area (Å²) >= 11 is 0. The normalized spacial score (nSPS) is 24.1. The van der Waals surface area contributed by atoms with Crippen molar-refractivity contribution >= 4 is 5.91 Å². The molecule has 0 aromatic carbocycles. The molecule has 0 saturated heterocycles. The quantitative estimate of drug-likeness (QED) is 0.741. The van der Waals surface area contributed by atoms with Crippen molar-refractivity contribution in [3.8, 4) is 12.3 Å². The SMILES string of the molecule is C#CCCC(=O)N(CCC)C1CCC(N)CC1. The fourth-order valence-electron chi connectivity index (χ4n) is 2.49. The molecule has 1 saturated carbocycles. The van der Waals surface area contributed by atoms with Gasteiger partial charge in [0, 0.05) is 31.5 Å². The Hall–Kier alpha value is -1.01. The van der Waals surface area contributed by atoms with E-state index in [4.69, 9.17) is 12.2 Å². The monoisotopic (exact) mass is 236 g/mol. The van der Waals surface area contributed by atoms with Crippen LogP contribution in [0.1, 0.15) is 51.9 Å². The predicted octanol–water partition coefficient (Wildman–Crippen LogP) is 1.91. The number of nitrogens with zero attached hydrogens (tertiary/aromatic N) is 1. The summed E-state index contributed by atoms with van der Waals surface area (Å²) in [7, 11) is 0. The maximum atomic E-state index is 12.1. The number of hydrogen-bond donors (Lipinski definition) is 1. The van der Waals surface area contributed by atoms with Crippen LogP contribution in [-0.2, 0) is 4.79 Å². The number of terminal acetylenes is 1. The van der Waals surface area contributed by atoms with Crippen LogP contribution >= 0.6 is 0 Å². The zero-order valence-electron chi connectivity index (χ0n) is 10.8. The fraction of sp³-hybridized carbons (Fsp3) is 0.786. The maximum Gasteiger partial charge on any atom is 0.223 e. The highest BCUT2D eigenvalue weighted by molar-refractivity contribution is 5.76. The molecular formula is C14H24N2O. The van der Waals surface area contributed by atoms with E-state index in [0.29, 0.717) is 24.9 Å². The van der Waals surface area contributed by atoms with Crippen LogP contribution in [0.2, 0.25) is 0 Å². The minimum absolute atomic E-state index is 0.213. The van der Waals surface area contributed by atoms with E-state index >= 15 is 0 Å². The van der Waals surface area contributed by atoms with Gasteiger partial charge in [0.15, 0.2) is 0 Å². The molecule has 3 heteroatoms. The Morgan fingerprint density at radius 3 is 2.59 bits per heavy atom. The van der Waals surface area contributed by atoms with Gasteiger partial charge in [0.1, 0.15) is 0 Å². The molecule has 0 spiro atoms. The molecule has 1 fully saturated rings. The van der Waals surface area contributed by atoms with Gasteiger partial charge < -0.3 is 10.6 Å². The molecule has 3 nitrogen and oxygen atoms in total. The molecule has 0 heterocycles. The van der Waals surface area contributed by atoms with E-state index < -0.39 is 0 Å². The Morgan fingerprint density at radius 2 is 2.06 bits per heavy atom. The maximum absolute atomic E-state index is 12.1. The van der Waals surface area contributed by atoms with E-state index in [-0.39, 0.29) is 5.91 Å². The lowest BCUT2D eigenvalue weighted by Crippen LogP contribution is -2.44. The van der Waals surface area contributed by atoms with Crippen LogP contribution in [0.4, 0.5) is 0 Å². The number of nitrogens with two attached hydrogens (primary N) is 1. The molecule has 0 radical (unpaired) electrons. The summed E-state index contributed by atoms with van der Waals surface area (Å²) in [5, 5.41) is 0. The topological polar surface area (TPSA) is 46.3 Å². The molecule has 0 aromatic rings. The summed E-state index contributed by atoms with van der Waals surface area (Å²) in [6.07, 6.45) is 11.4. The van der Waals surface area contributed by atoms with Crippen LogP contribution in [0.25, 0.3) is 0 Å². The van der Waals surface area contributed by atoms with Crippen molar-refractivity contribution in [3.63, 3.8) is 0 Å². The van der Waals surface area contributed by atoms with Crippen molar-refractivity contribution in [2.45, 2.75) is 64.0 Å². The van der Waals surface area contributed by atoms with Crippen LogP contribution in [0.5, 0.6) is 0 Å². The van der Waals surface area contributed by atoms with Gasteiger partial charge in [0.25, 0.3) is 0 Å². The van der Waals surface area contributed by atoms with Crippen molar-refractivity contribution in [1.82, 2.24) is 4.90 Å². The molecule has 96 valence electrons. The number of rotatable bonds is 5. The zero-order chi connectivity index (χ0) is 12.7. The lowest BCUT2D eigenvalue weighted by Gasteiger charge is -2.36. The van der Waals surface area contributed by atoms with Gasteiger partial charge in [-0.25, -0.2) is 0 Å². The van der Waals surface area contributed by atoms with Gasteiger partial charge in [-0.3, -0.25) is 4.79 Å². The average Bonchev–Trinajstić information content (AvgIpc) is 2.34. The minimum Gasteiger partial charge on any atom is -0.340 e. The first-order chi connectivity index (χ1) is 8.19. The fourth-order valence-corrected chi connectivity index (χ4v) is 2.49. The second-order valence-corrected chi connectivity index (χ2v) is 4.86. The Morgan fingerprint density at radius 1 is 1.41 bits per heavy atom. The summed E-state index contributed by atoms with van der Waals surface area (Å²) in [5.41, 5.74) is 5.90. The molecule has 17 heavy (non-hydrogen) atoms. The van der Waals surface area contributed by atoms with E-state index in [0.717, 1.165) is 38.6 Å². The lowest BCUT2D eigenvalue weighted by molar-refractivity contribution is -0.134. The first-order valence-electron chi connectivity index (χ1n) is 6.67. The minimum atomic E-state index is 0.213. The smallest absolute Gasteiger partial charge is 0.223 e. The number of amides is 1. The number of carbonyl (C=O) groups excluding carboxylic acids is 1. The number of hydrogen-bond acceptors (Lipinski definition) is 2. The Bertz CT molecular complexity index is 274. The Labute approximate surface area is 105 Å². The second-order valence-electron chi connectivity index (χ2n) is 4.86. The van der Waals surface area contributed by atoms with Crippen molar-refractivity contribution in [2.75, 3.05) is 6.54 Å². The lowest BCUT2D eigenvalue weighted by atomic mass is 9.90. The predicted molar refractivity (Wildman–Crippen MR) is 70.3 cm³/mol. The second kappa shape index (κ2) is 7.34. The van der Waals surface area contributed by atoms with E-state index in [1.54, 1.807) is 0 Å². The van der Waals surface area contributed by atoms with Crippen molar-refractivity contribution in [3.05, 3.63) is 0 Å². The van der Waals surface area contributed by atoms with Crippen LogP contribution in [-0.4, -0.2) is 29.4 Å². The van der Waals surface area contributed by atoms with Crippen LogP contribution in [0.15, 0.2) is 0 Å². The first kappa shape index (κ1) is 14.1. The van der Waals surface area contributed by atoms with Gasteiger partial charge >= 0.3 is 0 Å². The zero-order valence-corrected chi connectivity index (χ0v) is 10.8. The van der Waals surface area contributed by atoms with Crippen LogP contribution in [0, 0.1) is 12.3 Å². The highest BCUT2D eigenvalue weighted by atomic mass is 16.2. The number of carbonyl (C=O) groups is 1. The van der Waals surface area contributed by atoms with Gasteiger partial charge in [-0.05, 0) is 32.1 Å². The van der Waals surface area contributed by atoms with Crippen LogP contribution in [0.3, 0.4) is 0 Å². The highest BCUT2D eigenvalue weighted by Gasteiger charge is 2.26. The van der Waals surface area contributed by atoms with Crippen LogP contribution < -0.4 is 5.73 Å². The molecule has 1 amide bonds. The van der Waals surface area contributed by atoms with Gasteiger partial charge in [0.05, 0.1) is 0 Å². The van der Waals surface area contributed by atoms with Gasteiger partial charge in [0.2, 0.25) is 5.91 Å². The Balaban J connectivity index is 2.52. The largest absolute Gasteiger partial charge is 0.340 e. The molecule has 0 aromatic heterocycles. The molecule has 1 aliphatic carbocycles. The summed E-state index contributed by atoms with van der Waals surface area (Å²) < 4.78 is 0. The molecule has 0 atom stereocenters. The molecular weight excluding hydrogens is 212 g/mol. The van der Waals surface area contributed by atoms with E-state index in [1.807, 2.05) is 4.90 Å². The van der Waals surface area contributed by atoms with E-state index in [9.17, 15) is 4.79 Å². The summed E-state index contributed by atoms with van der Waals surface area (Å²) in [5.74, 6) is 2.75. The molecule has 0 unspecified atom stereocenters.